The quantitative estimate of drug-likeness (QED) is 0.657. The van der Waals surface area contributed by atoms with E-state index in [2.05, 4.69) is 4.98 Å². The van der Waals surface area contributed by atoms with E-state index in [9.17, 15) is 14.7 Å². The number of halogens is 1. The van der Waals surface area contributed by atoms with Gasteiger partial charge in [-0.1, -0.05) is 22.6 Å². The van der Waals surface area contributed by atoms with Crippen LogP contribution in [0.1, 0.15) is 24.4 Å². The molecule has 1 aromatic rings. The largest absolute Gasteiger partial charge is 0.396 e. The SMILES string of the molecule is O=c1[nH]c(=O)n([C@@H]2C[C@H](CO)[C@@H](O)C2)cc1/C=C/I. The van der Waals surface area contributed by atoms with Crippen molar-refractivity contribution in [1.29, 1.82) is 0 Å². The number of aliphatic hydroxyl groups excluding tert-OH is 2. The maximum absolute atomic E-state index is 11.8. The highest BCUT2D eigenvalue weighted by Crippen LogP contribution is 2.33. The summed E-state index contributed by atoms with van der Waals surface area (Å²) in [7, 11) is 0. The van der Waals surface area contributed by atoms with E-state index in [1.54, 1.807) is 10.2 Å². The fourth-order valence-electron chi connectivity index (χ4n) is 2.46. The first kappa shape index (κ1) is 14.5. The Morgan fingerprint density at radius 2 is 2.21 bits per heavy atom. The molecular weight excluding hydrogens is 363 g/mol. The standard InChI is InChI=1S/C12H15IN2O4/c13-2-1-7-5-15(12(19)14-11(7)18)9-3-8(6-16)10(17)4-9/h1-2,5,8-10,16-17H,3-4,6H2,(H,14,18,19)/b2-1+/t8-,9-,10+/m1/s1. The van der Waals surface area contributed by atoms with Gasteiger partial charge in [0.05, 0.1) is 11.7 Å². The Hall–Kier alpha value is -0.930. The number of hydrogen-bond donors (Lipinski definition) is 3. The minimum absolute atomic E-state index is 0.101. The predicted molar refractivity (Wildman–Crippen MR) is 79.2 cm³/mol. The molecule has 0 unspecified atom stereocenters. The molecule has 0 bridgehead atoms. The molecule has 0 spiro atoms. The fraction of sp³-hybridized carbons (Fsp3) is 0.500. The second-order valence-electron chi connectivity index (χ2n) is 4.68. The molecule has 3 atom stereocenters. The summed E-state index contributed by atoms with van der Waals surface area (Å²) in [5.74, 6) is -0.215. The second-order valence-corrected chi connectivity index (χ2v) is 5.40. The average molecular weight is 378 g/mol. The molecule has 2 rings (SSSR count). The van der Waals surface area contributed by atoms with Gasteiger partial charge in [-0.05, 0) is 23.0 Å². The lowest BCUT2D eigenvalue weighted by molar-refractivity contribution is 0.0906. The highest BCUT2D eigenvalue weighted by atomic mass is 127. The van der Waals surface area contributed by atoms with Crippen molar-refractivity contribution in [2.75, 3.05) is 6.61 Å². The maximum Gasteiger partial charge on any atom is 0.328 e. The van der Waals surface area contributed by atoms with Crippen molar-refractivity contribution in [1.82, 2.24) is 9.55 Å². The molecule has 1 aromatic heterocycles. The molecule has 0 saturated heterocycles. The zero-order valence-corrected chi connectivity index (χ0v) is 12.3. The third kappa shape index (κ3) is 2.98. The van der Waals surface area contributed by atoms with Crippen molar-refractivity contribution in [3.8, 4) is 0 Å². The monoisotopic (exact) mass is 378 g/mol. The smallest absolute Gasteiger partial charge is 0.328 e. The third-order valence-corrected chi connectivity index (χ3v) is 3.86. The van der Waals surface area contributed by atoms with Gasteiger partial charge in [0.2, 0.25) is 0 Å². The Balaban J connectivity index is 2.38. The van der Waals surface area contributed by atoms with Crippen LogP contribution in [0.2, 0.25) is 0 Å². The van der Waals surface area contributed by atoms with E-state index < -0.39 is 17.4 Å². The van der Waals surface area contributed by atoms with Crippen molar-refractivity contribution in [2.45, 2.75) is 25.0 Å². The summed E-state index contributed by atoms with van der Waals surface area (Å²) in [6, 6.07) is -0.196. The van der Waals surface area contributed by atoms with Crippen LogP contribution in [0.15, 0.2) is 19.9 Å². The Morgan fingerprint density at radius 1 is 1.47 bits per heavy atom. The molecule has 1 aliphatic rings. The third-order valence-electron chi connectivity index (χ3n) is 3.50. The van der Waals surface area contributed by atoms with Gasteiger partial charge < -0.3 is 10.2 Å². The topological polar surface area (TPSA) is 95.3 Å². The molecule has 1 fully saturated rings. The highest BCUT2D eigenvalue weighted by molar-refractivity contribution is 14.1. The molecule has 0 aliphatic heterocycles. The summed E-state index contributed by atoms with van der Waals surface area (Å²) in [4.78, 5) is 25.7. The predicted octanol–water partition coefficient (Wildman–Crippen LogP) is 0.247. The van der Waals surface area contributed by atoms with Crippen LogP contribution >= 0.6 is 22.6 Å². The Labute approximate surface area is 122 Å². The number of aromatic amines is 1. The van der Waals surface area contributed by atoms with Gasteiger partial charge in [0.15, 0.2) is 0 Å². The number of aliphatic hydroxyl groups is 2. The van der Waals surface area contributed by atoms with Crippen molar-refractivity contribution in [2.24, 2.45) is 5.92 Å². The lowest BCUT2D eigenvalue weighted by Gasteiger charge is -2.13. The molecule has 0 amide bonds. The van der Waals surface area contributed by atoms with Crippen molar-refractivity contribution >= 4 is 28.7 Å². The molecule has 19 heavy (non-hydrogen) atoms. The lowest BCUT2D eigenvalue weighted by Crippen LogP contribution is -2.32. The summed E-state index contributed by atoms with van der Waals surface area (Å²) in [5.41, 5.74) is -0.506. The summed E-state index contributed by atoms with van der Waals surface area (Å²) in [6.45, 7) is -0.101. The molecule has 1 heterocycles. The first-order valence-corrected chi connectivity index (χ1v) is 7.22. The van der Waals surface area contributed by atoms with Gasteiger partial charge in [-0.25, -0.2) is 4.79 Å². The lowest BCUT2D eigenvalue weighted by atomic mass is 10.1. The van der Waals surface area contributed by atoms with Crippen LogP contribution in [-0.2, 0) is 0 Å². The van der Waals surface area contributed by atoms with E-state index in [0.29, 0.717) is 18.4 Å². The highest BCUT2D eigenvalue weighted by Gasteiger charge is 2.34. The minimum Gasteiger partial charge on any atom is -0.396 e. The molecule has 7 heteroatoms. The molecule has 0 aromatic carbocycles. The summed E-state index contributed by atoms with van der Waals surface area (Å²) >= 11 is 2.00. The van der Waals surface area contributed by atoms with Crippen LogP contribution in [0.4, 0.5) is 0 Å². The Morgan fingerprint density at radius 3 is 2.79 bits per heavy atom. The van der Waals surface area contributed by atoms with Gasteiger partial charge in [-0.15, -0.1) is 0 Å². The van der Waals surface area contributed by atoms with E-state index in [0.717, 1.165) is 0 Å². The summed E-state index contributed by atoms with van der Waals surface area (Å²) in [6.07, 6.45) is 3.44. The van der Waals surface area contributed by atoms with E-state index in [-0.39, 0.29) is 18.6 Å². The van der Waals surface area contributed by atoms with Crippen molar-refractivity contribution in [3.63, 3.8) is 0 Å². The van der Waals surface area contributed by atoms with Crippen LogP contribution < -0.4 is 11.2 Å². The number of nitrogens with one attached hydrogen (secondary N) is 1. The summed E-state index contributed by atoms with van der Waals surface area (Å²) in [5, 5.41) is 18.9. The van der Waals surface area contributed by atoms with Crippen molar-refractivity contribution in [3.05, 3.63) is 36.7 Å². The van der Waals surface area contributed by atoms with Crippen LogP contribution in [-0.4, -0.2) is 32.5 Å². The zero-order valence-electron chi connectivity index (χ0n) is 10.1. The van der Waals surface area contributed by atoms with Crippen LogP contribution in [0.5, 0.6) is 0 Å². The van der Waals surface area contributed by atoms with Gasteiger partial charge in [-0.3, -0.25) is 14.3 Å². The van der Waals surface area contributed by atoms with Crippen LogP contribution in [0.3, 0.4) is 0 Å². The number of hydrogen-bond acceptors (Lipinski definition) is 4. The van der Waals surface area contributed by atoms with E-state index in [1.165, 1.54) is 10.8 Å². The van der Waals surface area contributed by atoms with Gasteiger partial charge >= 0.3 is 5.69 Å². The first-order valence-electron chi connectivity index (χ1n) is 5.98. The number of aromatic nitrogens is 2. The van der Waals surface area contributed by atoms with Crippen molar-refractivity contribution < 1.29 is 10.2 Å². The van der Waals surface area contributed by atoms with E-state index >= 15 is 0 Å². The Bertz CT molecular complexity index is 592. The van der Waals surface area contributed by atoms with Crippen LogP contribution in [0, 0.1) is 5.92 Å². The fourth-order valence-corrected chi connectivity index (χ4v) is 2.84. The van der Waals surface area contributed by atoms with Gasteiger partial charge in [0.25, 0.3) is 5.56 Å². The van der Waals surface area contributed by atoms with Gasteiger partial charge in [0.1, 0.15) is 0 Å². The molecule has 3 N–H and O–H groups in total. The molecule has 1 saturated carbocycles. The molecular formula is C12H15IN2O4. The number of H-pyrrole nitrogens is 1. The number of nitrogens with zero attached hydrogens (tertiary/aromatic N) is 1. The van der Waals surface area contributed by atoms with E-state index in [1.807, 2.05) is 22.6 Å². The normalized spacial score (nSPS) is 27.2. The first-order chi connectivity index (χ1) is 9.06. The molecule has 0 radical (unpaired) electrons. The number of rotatable bonds is 3. The molecule has 6 nitrogen and oxygen atoms in total. The van der Waals surface area contributed by atoms with E-state index in [4.69, 9.17) is 5.11 Å². The zero-order chi connectivity index (χ0) is 14.0. The van der Waals surface area contributed by atoms with Gasteiger partial charge in [0, 0.05) is 24.8 Å². The average Bonchev–Trinajstić information content (AvgIpc) is 2.74. The van der Waals surface area contributed by atoms with Crippen LogP contribution in [0.25, 0.3) is 6.08 Å². The molecule has 104 valence electrons. The summed E-state index contributed by atoms with van der Waals surface area (Å²) < 4.78 is 3.13. The molecule has 1 aliphatic carbocycles. The minimum atomic E-state index is -0.614. The Kier molecular flexibility index (Phi) is 4.58. The second kappa shape index (κ2) is 6.02. The maximum atomic E-state index is 11.8. The van der Waals surface area contributed by atoms with Gasteiger partial charge in [-0.2, -0.15) is 0 Å².